The molecule has 2 heterocycles. The Hall–Kier alpha value is -8.93. The van der Waals surface area contributed by atoms with Gasteiger partial charge in [0.05, 0.1) is 11.1 Å². The molecule has 0 fully saturated rings. The summed E-state index contributed by atoms with van der Waals surface area (Å²) in [6.45, 7) is 0. The summed E-state index contributed by atoms with van der Waals surface area (Å²) >= 11 is 0. The predicted molar refractivity (Wildman–Crippen MR) is 272 cm³/mol. The van der Waals surface area contributed by atoms with Gasteiger partial charge in [0.15, 0.2) is 17.5 Å². The Morgan fingerprint density at radius 3 is 1.23 bits per heavy atom. The first-order valence-electron chi connectivity index (χ1n) is 22.2. The Labute approximate surface area is 382 Å². The van der Waals surface area contributed by atoms with E-state index in [1.807, 2.05) is 66.7 Å². The Bertz CT molecular complexity index is 3530. The fraction of sp³-hybridized carbons (Fsp3) is 0. The Balaban J connectivity index is 0.990. The third-order valence-corrected chi connectivity index (χ3v) is 12.3. The van der Waals surface area contributed by atoms with Crippen LogP contribution in [0.2, 0.25) is 0 Å². The minimum atomic E-state index is 0.627. The third kappa shape index (κ3) is 7.34. The van der Waals surface area contributed by atoms with E-state index in [0.29, 0.717) is 17.5 Å². The molecule has 0 aliphatic rings. The van der Waals surface area contributed by atoms with Crippen LogP contribution in [0.15, 0.2) is 247 Å². The number of furan rings is 1. The van der Waals surface area contributed by atoms with Gasteiger partial charge in [-0.25, -0.2) is 15.0 Å². The molecule has 0 amide bonds. The van der Waals surface area contributed by atoms with Crippen molar-refractivity contribution in [3.8, 4) is 67.5 Å². The highest BCUT2D eigenvalue weighted by molar-refractivity contribution is 6.15. The quantitative estimate of drug-likeness (QED) is 0.145. The van der Waals surface area contributed by atoms with Crippen LogP contribution in [-0.4, -0.2) is 15.0 Å². The maximum atomic E-state index is 6.72. The molecule has 2 aromatic heterocycles. The number of anilines is 3. The molecule has 0 radical (unpaired) electrons. The molecule has 0 aliphatic carbocycles. The number of hydrogen-bond donors (Lipinski definition) is 0. The van der Waals surface area contributed by atoms with E-state index in [-0.39, 0.29) is 0 Å². The number of benzene rings is 10. The highest BCUT2D eigenvalue weighted by Crippen LogP contribution is 2.46. The van der Waals surface area contributed by atoms with Crippen molar-refractivity contribution < 1.29 is 4.42 Å². The van der Waals surface area contributed by atoms with Crippen LogP contribution in [0.3, 0.4) is 0 Å². The van der Waals surface area contributed by atoms with Crippen LogP contribution in [0, 0.1) is 0 Å². The lowest BCUT2D eigenvalue weighted by molar-refractivity contribution is 0.669. The standard InChI is InChI=1S/C61H40N4O/c1-5-15-41(16-6-1)43-29-33-52(34-30-43)65(53-35-31-44(32-36-53)42-17-7-2-8-18-42)55-39-51(40-57-58(55)54-23-13-14-24-56(54)66-57)49-26-25-48-38-50(28-27-47(48)37-49)61-63-59(45-19-9-3-10-20-45)62-60(64-61)46-21-11-4-12-22-46/h1-40H. The van der Waals surface area contributed by atoms with Gasteiger partial charge in [-0.3, -0.25) is 0 Å². The number of para-hydroxylation sites is 1. The van der Waals surface area contributed by atoms with E-state index < -0.39 is 0 Å². The van der Waals surface area contributed by atoms with Gasteiger partial charge in [-0.15, -0.1) is 0 Å². The summed E-state index contributed by atoms with van der Waals surface area (Å²) in [5, 5.41) is 4.31. The third-order valence-electron chi connectivity index (χ3n) is 12.3. The van der Waals surface area contributed by atoms with Crippen molar-refractivity contribution in [3.63, 3.8) is 0 Å². The van der Waals surface area contributed by atoms with Crippen LogP contribution >= 0.6 is 0 Å². The summed E-state index contributed by atoms with van der Waals surface area (Å²) in [6, 6.07) is 84.9. The Morgan fingerprint density at radius 1 is 0.288 bits per heavy atom. The Kier molecular flexibility index (Phi) is 9.77. The molecule has 310 valence electrons. The summed E-state index contributed by atoms with van der Waals surface area (Å²) in [5.41, 5.74) is 14.4. The van der Waals surface area contributed by atoms with E-state index >= 15 is 0 Å². The van der Waals surface area contributed by atoms with Gasteiger partial charge in [-0.2, -0.15) is 0 Å². The first kappa shape index (κ1) is 38.7. The number of aromatic nitrogens is 3. The van der Waals surface area contributed by atoms with Crippen LogP contribution in [-0.2, 0) is 0 Å². The van der Waals surface area contributed by atoms with Gasteiger partial charge < -0.3 is 9.32 Å². The second kappa shape index (κ2) is 16.6. The van der Waals surface area contributed by atoms with E-state index in [1.165, 1.54) is 11.1 Å². The molecule has 0 aliphatic heterocycles. The molecular weight excluding hydrogens is 805 g/mol. The minimum absolute atomic E-state index is 0.627. The molecule has 0 bridgehead atoms. The normalized spacial score (nSPS) is 11.3. The second-order valence-electron chi connectivity index (χ2n) is 16.4. The fourth-order valence-electron chi connectivity index (χ4n) is 8.97. The molecular formula is C61H40N4O. The zero-order valence-corrected chi connectivity index (χ0v) is 35.8. The minimum Gasteiger partial charge on any atom is -0.456 e. The van der Waals surface area contributed by atoms with Gasteiger partial charge in [-0.1, -0.05) is 188 Å². The summed E-state index contributed by atoms with van der Waals surface area (Å²) in [4.78, 5) is 17.3. The lowest BCUT2D eigenvalue weighted by Crippen LogP contribution is -2.10. The average Bonchev–Trinajstić information content (AvgIpc) is 3.78. The van der Waals surface area contributed by atoms with Gasteiger partial charge in [0.25, 0.3) is 0 Å². The monoisotopic (exact) mass is 844 g/mol. The van der Waals surface area contributed by atoms with Gasteiger partial charge in [0.1, 0.15) is 11.2 Å². The van der Waals surface area contributed by atoms with Crippen molar-refractivity contribution in [3.05, 3.63) is 243 Å². The molecule has 0 saturated carbocycles. The zero-order chi connectivity index (χ0) is 43.8. The summed E-state index contributed by atoms with van der Waals surface area (Å²) < 4.78 is 6.72. The van der Waals surface area contributed by atoms with Crippen molar-refractivity contribution >= 4 is 49.8 Å². The summed E-state index contributed by atoms with van der Waals surface area (Å²) in [5.74, 6) is 1.90. The molecule has 12 rings (SSSR count). The van der Waals surface area contributed by atoms with Crippen molar-refractivity contribution in [2.45, 2.75) is 0 Å². The lowest BCUT2D eigenvalue weighted by Gasteiger charge is -2.27. The molecule has 12 aromatic rings. The number of nitrogens with zero attached hydrogens (tertiary/aromatic N) is 4. The number of hydrogen-bond acceptors (Lipinski definition) is 5. The average molecular weight is 845 g/mol. The summed E-state index contributed by atoms with van der Waals surface area (Å²) in [7, 11) is 0. The largest absolute Gasteiger partial charge is 0.456 e. The van der Waals surface area contributed by atoms with Crippen molar-refractivity contribution in [1.29, 1.82) is 0 Å². The smallest absolute Gasteiger partial charge is 0.164 e. The molecule has 66 heavy (non-hydrogen) atoms. The predicted octanol–water partition coefficient (Wildman–Crippen LogP) is 16.4. The van der Waals surface area contributed by atoms with E-state index in [4.69, 9.17) is 19.4 Å². The highest BCUT2D eigenvalue weighted by atomic mass is 16.3. The number of fused-ring (bicyclic) bond motifs is 4. The molecule has 5 heteroatoms. The molecule has 0 saturated heterocycles. The first-order chi connectivity index (χ1) is 32.7. The van der Waals surface area contributed by atoms with Crippen LogP contribution < -0.4 is 4.90 Å². The number of rotatable bonds is 9. The Morgan fingerprint density at radius 2 is 0.697 bits per heavy atom. The molecule has 0 unspecified atom stereocenters. The van der Waals surface area contributed by atoms with Gasteiger partial charge in [-0.05, 0) is 98.8 Å². The topological polar surface area (TPSA) is 55.1 Å². The summed E-state index contributed by atoms with van der Waals surface area (Å²) in [6.07, 6.45) is 0. The maximum absolute atomic E-state index is 6.72. The highest BCUT2D eigenvalue weighted by Gasteiger charge is 2.22. The molecule has 5 nitrogen and oxygen atoms in total. The van der Waals surface area contributed by atoms with Crippen LogP contribution in [0.4, 0.5) is 17.1 Å². The molecule has 0 N–H and O–H groups in total. The van der Waals surface area contributed by atoms with Gasteiger partial charge in [0, 0.05) is 33.5 Å². The SMILES string of the molecule is c1ccc(-c2ccc(N(c3ccc(-c4ccccc4)cc3)c3cc(-c4ccc5cc(-c6nc(-c7ccccc7)nc(-c7ccccc7)n6)ccc5c4)cc4oc5ccccc5c34)cc2)cc1. The van der Waals surface area contributed by atoms with Crippen molar-refractivity contribution in [2.75, 3.05) is 4.90 Å². The van der Waals surface area contributed by atoms with E-state index in [0.717, 1.165) is 88.7 Å². The first-order valence-corrected chi connectivity index (χ1v) is 22.2. The van der Waals surface area contributed by atoms with Crippen LogP contribution in [0.25, 0.3) is 100 Å². The van der Waals surface area contributed by atoms with E-state index in [2.05, 4.69) is 181 Å². The molecule has 0 atom stereocenters. The van der Waals surface area contributed by atoms with Crippen molar-refractivity contribution in [2.24, 2.45) is 0 Å². The molecule has 10 aromatic carbocycles. The van der Waals surface area contributed by atoms with E-state index in [1.54, 1.807) is 0 Å². The van der Waals surface area contributed by atoms with Crippen LogP contribution in [0.5, 0.6) is 0 Å². The second-order valence-corrected chi connectivity index (χ2v) is 16.4. The van der Waals surface area contributed by atoms with Crippen LogP contribution in [0.1, 0.15) is 0 Å². The lowest BCUT2D eigenvalue weighted by atomic mass is 9.97. The van der Waals surface area contributed by atoms with Crippen molar-refractivity contribution in [1.82, 2.24) is 15.0 Å². The zero-order valence-electron chi connectivity index (χ0n) is 35.8. The van der Waals surface area contributed by atoms with Gasteiger partial charge in [0.2, 0.25) is 0 Å². The van der Waals surface area contributed by atoms with E-state index in [9.17, 15) is 0 Å². The fourth-order valence-corrected chi connectivity index (χ4v) is 8.97. The maximum Gasteiger partial charge on any atom is 0.164 e. The molecule has 0 spiro atoms. The van der Waals surface area contributed by atoms with Gasteiger partial charge >= 0.3 is 0 Å².